The van der Waals surface area contributed by atoms with Crippen LogP contribution in [0.4, 0.5) is 0 Å². The summed E-state index contributed by atoms with van der Waals surface area (Å²) in [6.07, 6.45) is 1.32. The van der Waals surface area contributed by atoms with E-state index in [9.17, 15) is 0 Å². The summed E-state index contributed by atoms with van der Waals surface area (Å²) in [5, 5.41) is 1.38. The van der Waals surface area contributed by atoms with E-state index in [0.29, 0.717) is 6.17 Å². The minimum atomic E-state index is -0.225. The zero-order chi connectivity index (χ0) is 14.5. The monoisotopic (exact) mass is 272 g/mol. The topological polar surface area (TPSA) is 17.4 Å². The fraction of sp³-hybridized carbons (Fsp3) is 0.529. The third kappa shape index (κ3) is 1.88. The largest absolute Gasteiger partial charge is 0.369 e. The van der Waals surface area contributed by atoms with Gasteiger partial charge in [0.15, 0.2) is 0 Å². The molecule has 2 heterocycles. The van der Waals surface area contributed by atoms with E-state index >= 15 is 0 Å². The molecule has 20 heavy (non-hydrogen) atoms. The van der Waals surface area contributed by atoms with Gasteiger partial charge in [-0.3, -0.25) is 4.90 Å². The molecule has 0 fully saturated rings. The van der Waals surface area contributed by atoms with Crippen molar-refractivity contribution in [2.24, 2.45) is 0 Å². The summed E-state index contributed by atoms with van der Waals surface area (Å²) in [7, 11) is 4.25. The third-order valence-electron chi connectivity index (χ3n) is 4.52. The van der Waals surface area contributed by atoms with Crippen molar-refractivity contribution >= 4 is 10.9 Å². The Morgan fingerprint density at radius 1 is 1.25 bits per heavy atom. The molecule has 1 aromatic heterocycles. The van der Waals surface area contributed by atoms with Crippen LogP contribution in [-0.4, -0.2) is 30.2 Å². The molecule has 1 aliphatic heterocycles. The number of aromatic nitrogens is 1. The normalized spacial score (nSPS) is 19.3. The lowest BCUT2D eigenvalue weighted by atomic mass is 9.94. The number of ether oxygens (including phenoxy) is 1. The molecule has 2 aromatic rings. The Morgan fingerprint density at radius 3 is 2.65 bits per heavy atom. The molecular weight excluding hydrogens is 248 g/mol. The van der Waals surface area contributed by atoms with Crippen molar-refractivity contribution in [2.75, 3.05) is 20.7 Å². The zero-order valence-electron chi connectivity index (χ0n) is 13.1. The number of benzene rings is 1. The lowest BCUT2D eigenvalue weighted by molar-refractivity contribution is -0.0393. The van der Waals surface area contributed by atoms with Crippen molar-refractivity contribution in [3.63, 3.8) is 0 Å². The van der Waals surface area contributed by atoms with Gasteiger partial charge in [0.05, 0.1) is 18.5 Å². The molecule has 0 amide bonds. The molecule has 0 N–H and O–H groups in total. The van der Waals surface area contributed by atoms with E-state index in [0.717, 1.165) is 13.0 Å². The number of para-hydroxylation sites is 1. The lowest BCUT2D eigenvalue weighted by Gasteiger charge is -2.35. The first-order valence-corrected chi connectivity index (χ1v) is 7.36. The van der Waals surface area contributed by atoms with Crippen LogP contribution >= 0.6 is 0 Å². The SMILES string of the molecule is CC(N(C)C)n1c2c(c3ccccc31)CCOC2(C)C. The van der Waals surface area contributed by atoms with E-state index in [-0.39, 0.29) is 5.60 Å². The Hall–Kier alpha value is -1.32. The smallest absolute Gasteiger partial charge is 0.103 e. The molecule has 0 saturated heterocycles. The standard InChI is InChI=1S/C17H24N2O/c1-12(18(4)5)19-15-9-7-6-8-13(15)14-10-11-20-17(2,3)16(14)19/h6-9,12H,10-11H2,1-5H3. The first-order valence-electron chi connectivity index (χ1n) is 7.36. The molecule has 3 rings (SSSR count). The van der Waals surface area contributed by atoms with Gasteiger partial charge in [0, 0.05) is 10.9 Å². The molecule has 1 aliphatic rings. The van der Waals surface area contributed by atoms with Crippen molar-refractivity contribution in [3.8, 4) is 0 Å². The van der Waals surface area contributed by atoms with Crippen molar-refractivity contribution in [2.45, 2.75) is 39.0 Å². The second-order valence-corrected chi connectivity index (χ2v) is 6.42. The summed E-state index contributed by atoms with van der Waals surface area (Å²) < 4.78 is 8.50. The Kier molecular flexibility index (Phi) is 3.14. The summed E-state index contributed by atoms with van der Waals surface area (Å²) >= 11 is 0. The molecule has 3 nitrogen and oxygen atoms in total. The minimum Gasteiger partial charge on any atom is -0.369 e. The van der Waals surface area contributed by atoms with Crippen molar-refractivity contribution < 1.29 is 4.74 Å². The lowest BCUT2D eigenvalue weighted by Crippen LogP contribution is -2.34. The van der Waals surface area contributed by atoms with Gasteiger partial charge in [-0.2, -0.15) is 0 Å². The number of rotatable bonds is 2. The van der Waals surface area contributed by atoms with Gasteiger partial charge in [-0.05, 0) is 52.9 Å². The molecule has 0 bridgehead atoms. The predicted molar refractivity (Wildman–Crippen MR) is 83.0 cm³/mol. The highest BCUT2D eigenvalue weighted by Crippen LogP contribution is 2.40. The van der Waals surface area contributed by atoms with Gasteiger partial charge in [0.25, 0.3) is 0 Å². The number of hydrogen-bond acceptors (Lipinski definition) is 2. The second-order valence-electron chi connectivity index (χ2n) is 6.42. The van der Waals surface area contributed by atoms with Crippen LogP contribution in [0, 0.1) is 0 Å². The van der Waals surface area contributed by atoms with Crippen molar-refractivity contribution in [1.82, 2.24) is 9.47 Å². The van der Waals surface area contributed by atoms with Gasteiger partial charge in [-0.1, -0.05) is 18.2 Å². The van der Waals surface area contributed by atoms with Crippen molar-refractivity contribution in [1.29, 1.82) is 0 Å². The maximum atomic E-state index is 6.05. The summed E-state index contributed by atoms with van der Waals surface area (Å²) in [5.41, 5.74) is 3.89. The number of hydrogen-bond donors (Lipinski definition) is 0. The Bertz CT molecular complexity index is 640. The summed E-state index contributed by atoms with van der Waals surface area (Å²) in [5.74, 6) is 0. The first-order chi connectivity index (χ1) is 9.43. The molecule has 0 saturated carbocycles. The summed E-state index contributed by atoms with van der Waals surface area (Å²) in [6, 6.07) is 8.73. The molecular formula is C17H24N2O. The van der Waals surface area contributed by atoms with Crippen LogP contribution in [0.5, 0.6) is 0 Å². The molecule has 0 aliphatic carbocycles. The van der Waals surface area contributed by atoms with E-state index in [2.05, 4.69) is 68.6 Å². The Morgan fingerprint density at radius 2 is 1.95 bits per heavy atom. The van der Waals surface area contributed by atoms with Crippen LogP contribution in [0.1, 0.15) is 38.2 Å². The van der Waals surface area contributed by atoms with Gasteiger partial charge in [0.1, 0.15) is 5.60 Å². The average molecular weight is 272 g/mol. The van der Waals surface area contributed by atoms with Crippen LogP contribution < -0.4 is 0 Å². The highest BCUT2D eigenvalue weighted by molar-refractivity contribution is 5.86. The fourth-order valence-corrected chi connectivity index (χ4v) is 3.33. The predicted octanol–water partition coefficient (Wildman–Crippen LogP) is 3.53. The van der Waals surface area contributed by atoms with Crippen LogP contribution in [0.15, 0.2) is 24.3 Å². The zero-order valence-corrected chi connectivity index (χ0v) is 13.1. The van der Waals surface area contributed by atoms with Crippen molar-refractivity contribution in [3.05, 3.63) is 35.5 Å². The molecule has 1 atom stereocenters. The van der Waals surface area contributed by atoms with Crippen LogP contribution in [-0.2, 0) is 16.8 Å². The van der Waals surface area contributed by atoms with E-state index in [1.807, 2.05) is 0 Å². The van der Waals surface area contributed by atoms with E-state index in [1.54, 1.807) is 0 Å². The average Bonchev–Trinajstić information content (AvgIpc) is 2.74. The van der Waals surface area contributed by atoms with Gasteiger partial charge in [-0.25, -0.2) is 0 Å². The van der Waals surface area contributed by atoms with Gasteiger partial charge in [-0.15, -0.1) is 0 Å². The molecule has 1 aromatic carbocycles. The van der Waals surface area contributed by atoms with E-state index in [4.69, 9.17) is 4.74 Å². The molecule has 3 heteroatoms. The number of nitrogens with zero attached hydrogens (tertiary/aromatic N) is 2. The fourth-order valence-electron chi connectivity index (χ4n) is 3.33. The summed E-state index contributed by atoms with van der Waals surface area (Å²) in [6.45, 7) is 7.42. The van der Waals surface area contributed by atoms with Crippen LogP contribution in [0.3, 0.4) is 0 Å². The maximum Gasteiger partial charge on any atom is 0.103 e. The van der Waals surface area contributed by atoms with Gasteiger partial charge in [0.2, 0.25) is 0 Å². The Balaban J connectivity index is 2.37. The number of fused-ring (bicyclic) bond motifs is 3. The van der Waals surface area contributed by atoms with E-state index < -0.39 is 0 Å². The van der Waals surface area contributed by atoms with E-state index in [1.165, 1.54) is 22.2 Å². The molecule has 0 spiro atoms. The quantitative estimate of drug-likeness (QED) is 0.832. The second kappa shape index (κ2) is 4.61. The highest BCUT2D eigenvalue weighted by atomic mass is 16.5. The maximum absolute atomic E-state index is 6.05. The first kappa shape index (κ1) is 13.7. The van der Waals surface area contributed by atoms with Gasteiger partial charge < -0.3 is 9.30 Å². The molecule has 0 radical (unpaired) electrons. The molecule has 1 unspecified atom stereocenters. The Labute approximate surface area is 121 Å². The van der Waals surface area contributed by atoms with Crippen LogP contribution in [0.2, 0.25) is 0 Å². The van der Waals surface area contributed by atoms with Crippen LogP contribution in [0.25, 0.3) is 10.9 Å². The highest BCUT2D eigenvalue weighted by Gasteiger charge is 2.35. The minimum absolute atomic E-state index is 0.225. The third-order valence-corrected chi connectivity index (χ3v) is 4.52. The van der Waals surface area contributed by atoms with Gasteiger partial charge >= 0.3 is 0 Å². The summed E-state index contributed by atoms with van der Waals surface area (Å²) in [4.78, 5) is 2.25. The molecule has 108 valence electrons.